The maximum Gasteiger partial charge on any atom is 0.242 e. The van der Waals surface area contributed by atoms with Crippen LogP contribution in [0.15, 0.2) is 70.7 Å². The molecule has 0 aliphatic rings. The standard InChI is InChI=1S/C20H22N4O4S2/c1-23(2)29(25,26)17-9-5-7-15(13-17)19-20(22-12-11-21-19)16-8-6-10-18(14-16)30(27,28)24(3)4/h5-14H,1-4H3. The van der Waals surface area contributed by atoms with Crippen LogP contribution in [0.1, 0.15) is 0 Å². The van der Waals surface area contributed by atoms with Gasteiger partial charge in [-0.25, -0.2) is 25.4 Å². The molecular formula is C20H22N4O4S2. The van der Waals surface area contributed by atoms with Crippen molar-refractivity contribution in [3.8, 4) is 22.5 Å². The van der Waals surface area contributed by atoms with Gasteiger partial charge in [0.2, 0.25) is 20.0 Å². The first-order valence-electron chi connectivity index (χ1n) is 8.92. The van der Waals surface area contributed by atoms with Crippen LogP contribution in [0.5, 0.6) is 0 Å². The first kappa shape index (κ1) is 22.0. The first-order valence-corrected chi connectivity index (χ1v) is 11.8. The van der Waals surface area contributed by atoms with Gasteiger partial charge < -0.3 is 0 Å². The van der Waals surface area contributed by atoms with Crippen molar-refractivity contribution in [1.29, 1.82) is 0 Å². The van der Waals surface area contributed by atoms with Crippen LogP contribution in [0.3, 0.4) is 0 Å². The monoisotopic (exact) mass is 446 g/mol. The number of benzene rings is 2. The van der Waals surface area contributed by atoms with Crippen molar-refractivity contribution >= 4 is 20.0 Å². The van der Waals surface area contributed by atoms with Crippen molar-refractivity contribution < 1.29 is 16.8 Å². The van der Waals surface area contributed by atoms with Crippen LogP contribution < -0.4 is 0 Å². The van der Waals surface area contributed by atoms with Crippen molar-refractivity contribution in [3.63, 3.8) is 0 Å². The predicted octanol–water partition coefficient (Wildman–Crippen LogP) is 2.31. The Kier molecular flexibility index (Phi) is 6.04. The molecule has 0 saturated heterocycles. The van der Waals surface area contributed by atoms with E-state index in [1.54, 1.807) is 24.3 Å². The van der Waals surface area contributed by atoms with Gasteiger partial charge in [0.25, 0.3) is 0 Å². The Morgan fingerprint density at radius 2 is 1.00 bits per heavy atom. The Morgan fingerprint density at radius 3 is 1.33 bits per heavy atom. The molecule has 158 valence electrons. The highest BCUT2D eigenvalue weighted by atomic mass is 32.2. The van der Waals surface area contributed by atoms with E-state index >= 15 is 0 Å². The molecule has 0 unspecified atom stereocenters. The van der Waals surface area contributed by atoms with E-state index in [1.165, 1.54) is 64.8 Å². The fourth-order valence-corrected chi connectivity index (χ4v) is 4.69. The van der Waals surface area contributed by atoms with Gasteiger partial charge in [0.05, 0.1) is 21.2 Å². The van der Waals surface area contributed by atoms with Gasteiger partial charge in [-0.15, -0.1) is 0 Å². The molecule has 0 atom stereocenters. The molecule has 0 aliphatic heterocycles. The smallest absolute Gasteiger partial charge is 0.242 e. The lowest BCUT2D eigenvalue weighted by atomic mass is 10.0. The molecular weight excluding hydrogens is 424 g/mol. The molecule has 2 aromatic carbocycles. The first-order chi connectivity index (χ1) is 14.0. The lowest BCUT2D eigenvalue weighted by Crippen LogP contribution is -2.22. The van der Waals surface area contributed by atoms with Crippen molar-refractivity contribution in [2.24, 2.45) is 0 Å². The van der Waals surface area contributed by atoms with Gasteiger partial charge in [-0.3, -0.25) is 9.97 Å². The largest absolute Gasteiger partial charge is 0.252 e. The molecule has 1 aromatic heterocycles. The zero-order valence-corrected chi connectivity index (χ0v) is 18.6. The molecule has 3 aromatic rings. The Balaban J connectivity index is 2.17. The summed E-state index contributed by atoms with van der Waals surface area (Å²) in [5.41, 5.74) is 2.02. The summed E-state index contributed by atoms with van der Waals surface area (Å²) in [4.78, 5) is 9.04. The maximum absolute atomic E-state index is 12.5. The molecule has 0 aliphatic carbocycles. The summed E-state index contributed by atoms with van der Waals surface area (Å²) in [6.45, 7) is 0. The van der Waals surface area contributed by atoms with Gasteiger partial charge in [0.1, 0.15) is 0 Å². The summed E-state index contributed by atoms with van der Waals surface area (Å²) in [6.07, 6.45) is 3.01. The second-order valence-corrected chi connectivity index (χ2v) is 11.2. The highest BCUT2D eigenvalue weighted by molar-refractivity contribution is 7.89. The van der Waals surface area contributed by atoms with E-state index in [4.69, 9.17) is 0 Å². The third-order valence-corrected chi connectivity index (χ3v) is 8.09. The van der Waals surface area contributed by atoms with Crippen LogP contribution in [-0.2, 0) is 20.0 Å². The van der Waals surface area contributed by atoms with E-state index in [0.717, 1.165) is 8.61 Å². The Hall–Kier alpha value is -2.66. The number of nitrogens with zero attached hydrogens (tertiary/aromatic N) is 4. The summed E-state index contributed by atoms with van der Waals surface area (Å²) >= 11 is 0. The van der Waals surface area contributed by atoms with Gasteiger partial charge in [0, 0.05) is 51.7 Å². The molecule has 0 fully saturated rings. The maximum atomic E-state index is 12.5. The Bertz CT molecular complexity index is 1190. The summed E-state index contributed by atoms with van der Waals surface area (Å²) in [6, 6.07) is 12.8. The summed E-state index contributed by atoms with van der Waals surface area (Å²) in [7, 11) is -1.38. The van der Waals surface area contributed by atoms with E-state index in [1.807, 2.05) is 0 Å². The highest BCUT2D eigenvalue weighted by Gasteiger charge is 2.21. The molecule has 0 N–H and O–H groups in total. The molecule has 0 radical (unpaired) electrons. The van der Waals surface area contributed by atoms with Gasteiger partial charge >= 0.3 is 0 Å². The molecule has 0 bridgehead atoms. The zero-order chi connectivity index (χ0) is 22.1. The van der Waals surface area contributed by atoms with Crippen LogP contribution >= 0.6 is 0 Å². The van der Waals surface area contributed by atoms with Crippen molar-refractivity contribution in [2.45, 2.75) is 9.79 Å². The van der Waals surface area contributed by atoms with Crippen LogP contribution in [0.4, 0.5) is 0 Å². The van der Waals surface area contributed by atoms with E-state index in [-0.39, 0.29) is 9.79 Å². The predicted molar refractivity (Wildman–Crippen MR) is 115 cm³/mol. The normalized spacial score (nSPS) is 12.5. The van der Waals surface area contributed by atoms with Crippen molar-refractivity contribution in [2.75, 3.05) is 28.2 Å². The lowest BCUT2D eigenvalue weighted by Gasteiger charge is -2.14. The van der Waals surface area contributed by atoms with E-state index < -0.39 is 20.0 Å². The van der Waals surface area contributed by atoms with Crippen molar-refractivity contribution in [1.82, 2.24) is 18.6 Å². The second-order valence-electron chi connectivity index (χ2n) is 6.88. The highest BCUT2D eigenvalue weighted by Crippen LogP contribution is 2.31. The number of rotatable bonds is 6. The van der Waals surface area contributed by atoms with E-state index in [9.17, 15) is 16.8 Å². The van der Waals surface area contributed by atoms with Crippen LogP contribution in [0, 0.1) is 0 Å². The minimum absolute atomic E-state index is 0.130. The molecule has 1 heterocycles. The average molecular weight is 447 g/mol. The zero-order valence-electron chi connectivity index (χ0n) is 17.0. The number of sulfonamides is 2. The summed E-state index contributed by atoms with van der Waals surface area (Å²) in [5.74, 6) is 0. The minimum atomic E-state index is -3.62. The van der Waals surface area contributed by atoms with Gasteiger partial charge in [-0.2, -0.15) is 0 Å². The molecule has 0 amide bonds. The summed E-state index contributed by atoms with van der Waals surface area (Å²) < 4.78 is 52.3. The third kappa shape index (κ3) is 4.12. The second kappa shape index (κ2) is 8.23. The van der Waals surface area contributed by atoms with E-state index in [0.29, 0.717) is 22.5 Å². The van der Waals surface area contributed by atoms with Gasteiger partial charge in [-0.1, -0.05) is 24.3 Å². The molecule has 0 saturated carbocycles. The summed E-state index contributed by atoms with van der Waals surface area (Å²) in [5, 5.41) is 0. The van der Waals surface area contributed by atoms with Gasteiger partial charge in [-0.05, 0) is 24.3 Å². The lowest BCUT2D eigenvalue weighted by molar-refractivity contribution is 0.519. The molecule has 0 spiro atoms. The molecule has 8 nitrogen and oxygen atoms in total. The van der Waals surface area contributed by atoms with Crippen LogP contribution in [-0.4, -0.2) is 63.6 Å². The molecule has 3 rings (SSSR count). The Labute approximate surface area is 176 Å². The fraction of sp³-hybridized carbons (Fsp3) is 0.200. The Morgan fingerprint density at radius 1 is 0.633 bits per heavy atom. The molecule has 10 heteroatoms. The van der Waals surface area contributed by atoms with E-state index in [2.05, 4.69) is 9.97 Å². The minimum Gasteiger partial charge on any atom is -0.252 e. The quantitative estimate of drug-likeness (QED) is 0.576. The SMILES string of the molecule is CN(C)S(=O)(=O)c1cccc(-c2nccnc2-c2cccc(S(=O)(=O)N(C)C)c2)c1. The number of aromatic nitrogens is 2. The van der Waals surface area contributed by atoms with Crippen LogP contribution in [0.2, 0.25) is 0 Å². The third-order valence-electron chi connectivity index (χ3n) is 4.47. The number of hydrogen-bond donors (Lipinski definition) is 0. The van der Waals surface area contributed by atoms with Crippen molar-refractivity contribution in [3.05, 3.63) is 60.9 Å². The van der Waals surface area contributed by atoms with Crippen LogP contribution in [0.25, 0.3) is 22.5 Å². The van der Waals surface area contributed by atoms with Gasteiger partial charge in [0.15, 0.2) is 0 Å². The molecule has 30 heavy (non-hydrogen) atoms. The fourth-order valence-electron chi connectivity index (χ4n) is 2.79. The number of hydrogen-bond acceptors (Lipinski definition) is 6. The average Bonchev–Trinajstić information content (AvgIpc) is 2.73. The topological polar surface area (TPSA) is 101 Å².